The summed E-state index contributed by atoms with van der Waals surface area (Å²) in [5.74, 6) is -0.0630. The van der Waals surface area contributed by atoms with Gasteiger partial charge in [0.05, 0.1) is 30.4 Å². The second-order valence-electron chi connectivity index (χ2n) is 8.19. The Morgan fingerprint density at radius 3 is 2.19 bits per heavy atom. The number of carbonyl (C=O) groups is 2. The van der Waals surface area contributed by atoms with Crippen molar-refractivity contribution in [3.05, 3.63) is 53.6 Å². The molecule has 2 amide bonds. The van der Waals surface area contributed by atoms with Gasteiger partial charge in [0.15, 0.2) is 0 Å². The Labute approximate surface area is 182 Å². The van der Waals surface area contributed by atoms with Gasteiger partial charge in [0.1, 0.15) is 5.75 Å². The fraction of sp³-hybridized carbons (Fsp3) is 0.391. The molecule has 2 fully saturated rings. The average molecular weight is 443 g/mol. The number of sulfonamides is 1. The highest BCUT2D eigenvalue weighted by Crippen LogP contribution is 2.38. The fourth-order valence-corrected chi connectivity index (χ4v) is 5.83. The van der Waals surface area contributed by atoms with Crippen LogP contribution in [0.3, 0.4) is 0 Å². The molecule has 2 aliphatic rings. The van der Waals surface area contributed by atoms with Crippen LogP contribution < -0.4 is 9.46 Å². The minimum atomic E-state index is -3.85. The summed E-state index contributed by atoms with van der Waals surface area (Å²) in [5.41, 5.74) is 1.61. The lowest BCUT2D eigenvalue weighted by Crippen LogP contribution is -2.30. The first-order valence-corrected chi connectivity index (χ1v) is 11.9. The molecule has 8 heteroatoms. The molecule has 0 bridgehead atoms. The number of benzene rings is 2. The first kappa shape index (κ1) is 21.4. The molecule has 0 unspecified atom stereocenters. The van der Waals surface area contributed by atoms with Crippen LogP contribution in [-0.2, 0) is 26.2 Å². The summed E-state index contributed by atoms with van der Waals surface area (Å²) < 4.78 is 33.7. The Bertz CT molecular complexity index is 1090. The molecule has 0 aromatic heterocycles. The second-order valence-corrected chi connectivity index (χ2v) is 9.84. The van der Waals surface area contributed by atoms with Crippen molar-refractivity contribution in [2.24, 2.45) is 11.8 Å². The van der Waals surface area contributed by atoms with E-state index in [0.717, 1.165) is 25.7 Å². The van der Waals surface area contributed by atoms with E-state index < -0.39 is 10.0 Å². The van der Waals surface area contributed by atoms with Crippen LogP contribution in [0.25, 0.3) is 0 Å². The number of nitrogens with one attached hydrogen (secondary N) is 1. The van der Waals surface area contributed by atoms with Crippen molar-refractivity contribution in [2.75, 3.05) is 11.8 Å². The van der Waals surface area contributed by atoms with Gasteiger partial charge in [-0.2, -0.15) is 0 Å². The lowest BCUT2D eigenvalue weighted by Gasteiger charge is -2.19. The molecule has 1 aliphatic heterocycles. The third-order valence-corrected chi connectivity index (χ3v) is 7.68. The number of hydrogen-bond acceptors (Lipinski definition) is 5. The van der Waals surface area contributed by atoms with Crippen molar-refractivity contribution in [3.63, 3.8) is 0 Å². The van der Waals surface area contributed by atoms with Crippen LogP contribution in [0.5, 0.6) is 5.75 Å². The van der Waals surface area contributed by atoms with Gasteiger partial charge in [-0.15, -0.1) is 0 Å². The predicted molar refractivity (Wildman–Crippen MR) is 116 cm³/mol. The number of rotatable bonds is 6. The number of ether oxygens (including phenoxy) is 1. The summed E-state index contributed by atoms with van der Waals surface area (Å²) in [7, 11) is -2.31. The van der Waals surface area contributed by atoms with Gasteiger partial charge in [-0.05, 0) is 61.2 Å². The van der Waals surface area contributed by atoms with Gasteiger partial charge in [0.25, 0.3) is 10.0 Å². The topological polar surface area (TPSA) is 92.8 Å². The minimum Gasteiger partial charge on any atom is -0.497 e. The maximum Gasteiger partial charge on any atom is 0.262 e. The SMILES string of the molecule is COc1ccc(NS(=O)(=O)c2cc(CN3C(=O)[C@H]4CCCC[C@H]4C3=O)ccc2C)cc1. The maximum absolute atomic E-state index is 13.0. The minimum absolute atomic E-state index is 0.0933. The van der Waals surface area contributed by atoms with Crippen molar-refractivity contribution in [3.8, 4) is 5.75 Å². The lowest BCUT2D eigenvalue weighted by atomic mass is 9.81. The molecule has 1 saturated carbocycles. The quantitative estimate of drug-likeness (QED) is 0.692. The number of likely N-dealkylation sites (tertiary alicyclic amines) is 1. The lowest BCUT2D eigenvalue weighted by molar-refractivity contribution is -0.140. The largest absolute Gasteiger partial charge is 0.497 e. The monoisotopic (exact) mass is 442 g/mol. The summed E-state index contributed by atoms with van der Waals surface area (Å²) in [6.45, 7) is 1.81. The molecule has 1 N–H and O–H groups in total. The Morgan fingerprint density at radius 2 is 1.61 bits per heavy atom. The number of methoxy groups -OCH3 is 1. The third kappa shape index (κ3) is 4.17. The molecule has 1 heterocycles. The zero-order valence-corrected chi connectivity index (χ0v) is 18.4. The Balaban J connectivity index is 1.56. The zero-order chi connectivity index (χ0) is 22.2. The number of imide groups is 1. The van der Waals surface area contributed by atoms with E-state index in [1.54, 1.807) is 56.5 Å². The maximum atomic E-state index is 13.0. The van der Waals surface area contributed by atoms with E-state index in [2.05, 4.69) is 4.72 Å². The highest BCUT2D eigenvalue weighted by molar-refractivity contribution is 7.92. The van der Waals surface area contributed by atoms with Crippen molar-refractivity contribution < 1.29 is 22.7 Å². The van der Waals surface area contributed by atoms with Crippen LogP contribution in [0.4, 0.5) is 5.69 Å². The van der Waals surface area contributed by atoms with Crippen LogP contribution >= 0.6 is 0 Å². The van der Waals surface area contributed by atoms with E-state index in [4.69, 9.17) is 4.74 Å². The molecular formula is C23H26N2O5S. The number of carbonyl (C=O) groups excluding carboxylic acids is 2. The molecule has 7 nitrogen and oxygen atoms in total. The van der Waals surface area contributed by atoms with Crippen molar-refractivity contribution in [1.29, 1.82) is 0 Å². The fourth-order valence-electron chi connectivity index (χ4n) is 4.47. The van der Waals surface area contributed by atoms with Crippen LogP contribution in [0.1, 0.15) is 36.8 Å². The van der Waals surface area contributed by atoms with Crippen molar-refractivity contribution in [1.82, 2.24) is 4.90 Å². The highest BCUT2D eigenvalue weighted by Gasteiger charge is 2.47. The van der Waals surface area contributed by atoms with Gasteiger partial charge in [-0.1, -0.05) is 25.0 Å². The summed E-state index contributed by atoms with van der Waals surface area (Å²) >= 11 is 0. The smallest absolute Gasteiger partial charge is 0.262 e. The van der Waals surface area contributed by atoms with Gasteiger partial charge >= 0.3 is 0 Å². The summed E-state index contributed by atoms with van der Waals surface area (Å²) in [5, 5.41) is 0. The molecule has 0 spiro atoms. The normalized spacial score (nSPS) is 21.2. The van der Waals surface area contributed by atoms with E-state index in [1.807, 2.05) is 0 Å². The zero-order valence-electron chi connectivity index (χ0n) is 17.6. The number of anilines is 1. The Morgan fingerprint density at radius 1 is 1.00 bits per heavy atom. The number of nitrogens with zero attached hydrogens (tertiary/aromatic N) is 1. The first-order valence-electron chi connectivity index (χ1n) is 10.4. The van der Waals surface area contributed by atoms with Gasteiger partial charge in [0, 0.05) is 5.69 Å². The average Bonchev–Trinajstić information content (AvgIpc) is 3.00. The van der Waals surface area contributed by atoms with Gasteiger partial charge in [-0.3, -0.25) is 19.2 Å². The predicted octanol–water partition coefficient (Wildman–Crippen LogP) is 3.48. The number of hydrogen-bond donors (Lipinski definition) is 1. The van der Waals surface area contributed by atoms with Crippen LogP contribution in [-0.4, -0.2) is 32.2 Å². The molecule has 2 aromatic rings. The summed E-state index contributed by atoms with van der Waals surface area (Å²) in [4.78, 5) is 26.9. The van der Waals surface area contributed by atoms with Crippen LogP contribution in [0, 0.1) is 18.8 Å². The standard InChI is InChI=1S/C23H26N2O5S/c1-15-7-8-16(14-25-22(26)19-5-3-4-6-20(19)23(25)27)13-21(15)31(28,29)24-17-9-11-18(30-2)12-10-17/h7-13,19-20,24H,3-6,14H2,1-2H3/t19-,20+. The molecule has 164 valence electrons. The Kier molecular flexibility index (Phi) is 5.75. The van der Waals surface area contributed by atoms with E-state index in [9.17, 15) is 18.0 Å². The number of fused-ring (bicyclic) bond motifs is 1. The summed E-state index contributed by atoms with van der Waals surface area (Å²) in [6.07, 6.45) is 3.45. The third-order valence-electron chi connectivity index (χ3n) is 6.16. The highest BCUT2D eigenvalue weighted by atomic mass is 32.2. The molecule has 1 saturated heterocycles. The number of amides is 2. The number of aryl methyl sites for hydroxylation is 1. The van der Waals surface area contributed by atoms with Gasteiger partial charge in [0.2, 0.25) is 11.8 Å². The van der Waals surface area contributed by atoms with Gasteiger partial charge < -0.3 is 4.74 Å². The van der Waals surface area contributed by atoms with Crippen molar-refractivity contribution in [2.45, 2.75) is 44.0 Å². The molecular weight excluding hydrogens is 416 g/mol. The van der Waals surface area contributed by atoms with Gasteiger partial charge in [-0.25, -0.2) is 8.42 Å². The van der Waals surface area contributed by atoms with E-state index in [1.165, 1.54) is 4.90 Å². The molecule has 2 atom stereocenters. The van der Waals surface area contributed by atoms with E-state index >= 15 is 0 Å². The van der Waals surface area contributed by atoms with E-state index in [-0.39, 0.29) is 35.1 Å². The second kappa shape index (κ2) is 8.34. The molecule has 1 aliphatic carbocycles. The van der Waals surface area contributed by atoms with Crippen molar-refractivity contribution >= 4 is 27.5 Å². The Hall–Kier alpha value is -2.87. The van der Waals surface area contributed by atoms with E-state index in [0.29, 0.717) is 22.6 Å². The van der Waals surface area contributed by atoms with Crippen LogP contribution in [0.15, 0.2) is 47.4 Å². The molecule has 31 heavy (non-hydrogen) atoms. The molecule has 2 aromatic carbocycles. The van der Waals surface area contributed by atoms with Crippen LogP contribution in [0.2, 0.25) is 0 Å². The molecule has 4 rings (SSSR count). The first-order chi connectivity index (χ1) is 14.8. The molecule has 0 radical (unpaired) electrons. The summed E-state index contributed by atoms with van der Waals surface area (Å²) in [6, 6.07) is 11.6.